The summed E-state index contributed by atoms with van der Waals surface area (Å²) in [6.07, 6.45) is 0. The summed E-state index contributed by atoms with van der Waals surface area (Å²) in [5.41, 5.74) is 1.17. The number of ether oxygens (including phenoxy) is 3. The molecule has 0 aliphatic carbocycles. The van der Waals surface area contributed by atoms with E-state index in [2.05, 4.69) is 42.5 Å². The van der Waals surface area contributed by atoms with E-state index in [1.165, 1.54) is 10.8 Å². The van der Waals surface area contributed by atoms with Crippen molar-refractivity contribution in [2.24, 2.45) is 0 Å². The lowest BCUT2D eigenvalue weighted by atomic mass is 9.98. The number of hydrogen-bond acceptors (Lipinski definition) is 6. The van der Waals surface area contributed by atoms with Crippen molar-refractivity contribution >= 4 is 42.0 Å². The SMILES string of the molecule is Cc1ccc(S(=O)(=O)OS(c2ccc(OCc3cc4ccccc4c4ccccc34)cc2)(c2ccc(OC(C)(C)C)cc2)c2ccc(OC(C)(C)C)cc2)cc1. The average molecular weight is 785 g/mol. The van der Waals surface area contributed by atoms with Crippen LogP contribution in [0.5, 0.6) is 17.2 Å². The first-order valence-electron chi connectivity index (χ1n) is 18.7. The first kappa shape index (κ1) is 39.0. The van der Waals surface area contributed by atoms with Crippen LogP contribution in [0.4, 0.5) is 0 Å². The maximum absolute atomic E-state index is 14.4. The molecule has 0 atom stereocenters. The van der Waals surface area contributed by atoms with Gasteiger partial charge in [-0.2, -0.15) is 8.42 Å². The Labute approximate surface area is 332 Å². The normalized spacial score (nSPS) is 12.8. The van der Waals surface area contributed by atoms with E-state index in [0.29, 0.717) is 38.5 Å². The molecule has 8 heteroatoms. The lowest BCUT2D eigenvalue weighted by Crippen LogP contribution is -2.23. The second-order valence-corrected chi connectivity index (χ2v) is 20.3. The predicted molar refractivity (Wildman–Crippen MR) is 228 cm³/mol. The number of hydrogen-bond donors (Lipinski definition) is 0. The highest BCUT2D eigenvalue weighted by Gasteiger charge is 2.39. The molecule has 7 rings (SSSR count). The molecule has 0 heterocycles. The second-order valence-electron chi connectivity index (χ2n) is 15.8. The summed E-state index contributed by atoms with van der Waals surface area (Å²) in [7, 11) is -7.27. The van der Waals surface area contributed by atoms with Crippen molar-refractivity contribution in [2.45, 2.75) is 85.9 Å². The molecular formula is C48H48O6S2. The van der Waals surface area contributed by atoms with Gasteiger partial charge in [0.15, 0.2) is 0 Å². The molecule has 0 saturated heterocycles. The van der Waals surface area contributed by atoms with Crippen molar-refractivity contribution in [1.82, 2.24) is 0 Å². The van der Waals surface area contributed by atoms with E-state index in [1.807, 2.05) is 133 Å². The largest absolute Gasteiger partial charge is 0.489 e. The van der Waals surface area contributed by atoms with Gasteiger partial charge in [-0.05, 0) is 177 Å². The van der Waals surface area contributed by atoms with Gasteiger partial charge in [0, 0.05) is 14.7 Å². The van der Waals surface area contributed by atoms with Crippen molar-refractivity contribution in [3.8, 4) is 17.2 Å². The van der Waals surface area contributed by atoms with E-state index in [9.17, 15) is 8.42 Å². The number of benzene rings is 7. The summed E-state index contributed by atoms with van der Waals surface area (Å²) in [6.45, 7) is 14.2. The Balaban J connectivity index is 1.33. The minimum absolute atomic E-state index is 0.0721. The number of rotatable bonds is 11. The van der Waals surface area contributed by atoms with Gasteiger partial charge in [0.05, 0.1) is 4.90 Å². The molecule has 0 bridgehead atoms. The quantitative estimate of drug-likeness (QED) is 0.122. The second kappa shape index (κ2) is 15.3. The summed E-state index contributed by atoms with van der Waals surface area (Å²) >= 11 is 0. The topological polar surface area (TPSA) is 71.1 Å². The maximum Gasteiger partial charge on any atom is 0.307 e. The lowest BCUT2D eigenvalue weighted by Gasteiger charge is -2.39. The predicted octanol–water partition coefficient (Wildman–Crippen LogP) is 12.8. The first-order chi connectivity index (χ1) is 26.6. The molecule has 0 saturated carbocycles. The van der Waals surface area contributed by atoms with Crippen molar-refractivity contribution in [1.29, 1.82) is 0 Å². The molecule has 7 aromatic carbocycles. The van der Waals surface area contributed by atoms with Gasteiger partial charge in [-0.15, -0.1) is 0 Å². The lowest BCUT2D eigenvalue weighted by molar-refractivity contribution is 0.130. The molecule has 0 spiro atoms. The molecule has 0 amide bonds. The van der Waals surface area contributed by atoms with Gasteiger partial charge >= 0.3 is 10.1 Å². The van der Waals surface area contributed by atoms with Gasteiger partial charge in [-0.25, -0.2) is 3.63 Å². The van der Waals surface area contributed by atoms with E-state index < -0.39 is 31.6 Å². The molecule has 0 aliphatic rings. The summed E-state index contributed by atoms with van der Waals surface area (Å²) in [5, 5.41) is 4.67. The number of fused-ring (bicyclic) bond motifs is 3. The van der Waals surface area contributed by atoms with Crippen LogP contribution in [0.1, 0.15) is 52.7 Å². The van der Waals surface area contributed by atoms with Crippen LogP contribution in [-0.2, 0) is 20.4 Å². The van der Waals surface area contributed by atoms with Gasteiger partial charge in [0.2, 0.25) is 0 Å². The molecule has 0 aliphatic heterocycles. The van der Waals surface area contributed by atoms with Crippen molar-refractivity contribution in [3.05, 3.63) is 163 Å². The van der Waals surface area contributed by atoms with Gasteiger partial charge in [-0.1, -0.05) is 66.2 Å². The van der Waals surface area contributed by atoms with Crippen LogP contribution >= 0.6 is 10.3 Å². The Bertz CT molecular complexity index is 2510. The number of aryl methyl sites for hydroxylation is 1. The molecule has 0 unspecified atom stereocenters. The van der Waals surface area contributed by atoms with Crippen LogP contribution in [0, 0.1) is 6.92 Å². The highest BCUT2D eigenvalue weighted by Crippen LogP contribution is 2.70. The van der Waals surface area contributed by atoms with Crippen molar-refractivity contribution in [2.75, 3.05) is 0 Å². The van der Waals surface area contributed by atoms with Crippen LogP contribution in [0.3, 0.4) is 0 Å². The minimum Gasteiger partial charge on any atom is -0.489 e. The van der Waals surface area contributed by atoms with E-state index in [0.717, 1.165) is 21.9 Å². The van der Waals surface area contributed by atoms with Gasteiger partial charge < -0.3 is 14.2 Å². The molecular weight excluding hydrogens is 737 g/mol. The Morgan fingerprint density at radius 3 is 1.41 bits per heavy atom. The van der Waals surface area contributed by atoms with Gasteiger partial charge in [0.1, 0.15) is 35.1 Å². The first-order valence-corrected chi connectivity index (χ1v) is 21.6. The van der Waals surface area contributed by atoms with Crippen molar-refractivity contribution in [3.63, 3.8) is 0 Å². The summed E-state index contributed by atoms with van der Waals surface area (Å²) in [6, 6.07) is 48.3. The van der Waals surface area contributed by atoms with Crippen LogP contribution in [0.2, 0.25) is 0 Å². The van der Waals surface area contributed by atoms with E-state index in [4.69, 9.17) is 17.8 Å². The zero-order valence-electron chi connectivity index (χ0n) is 32.9. The maximum atomic E-state index is 14.4. The monoisotopic (exact) mass is 784 g/mol. The Morgan fingerprint density at radius 2 is 0.911 bits per heavy atom. The van der Waals surface area contributed by atoms with E-state index >= 15 is 0 Å². The molecule has 288 valence electrons. The molecule has 0 fully saturated rings. The van der Waals surface area contributed by atoms with Crippen LogP contribution in [0.15, 0.2) is 171 Å². The molecule has 6 nitrogen and oxygen atoms in total. The Morgan fingerprint density at radius 1 is 0.482 bits per heavy atom. The smallest absolute Gasteiger partial charge is 0.307 e. The Kier molecular flexibility index (Phi) is 10.7. The summed E-state index contributed by atoms with van der Waals surface area (Å²) in [4.78, 5) is 2.10. The highest BCUT2D eigenvalue weighted by molar-refractivity contribution is 8.33. The molecule has 0 radical (unpaired) electrons. The van der Waals surface area contributed by atoms with Crippen LogP contribution in [0.25, 0.3) is 21.5 Å². The zero-order valence-corrected chi connectivity index (χ0v) is 34.5. The van der Waals surface area contributed by atoms with Gasteiger partial charge in [-0.3, -0.25) is 0 Å². The molecule has 0 N–H and O–H groups in total. The third kappa shape index (κ3) is 8.58. The fourth-order valence-electron chi connectivity index (χ4n) is 6.65. The Hall–Kier alpha value is -5.28. The zero-order chi connectivity index (χ0) is 39.7. The average Bonchev–Trinajstić information content (AvgIpc) is 3.16. The van der Waals surface area contributed by atoms with Crippen molar-refractivity contribution < 1.29 is 26.3 Å². The van der Waals surface area contributed by atoms with Crippen LogP contribution in [-0.4, -0.2) is 19.6 Å². The molecule has 0 aromatic heterocycles. The highest BCUT2D eigenvalue weighted by atomic mass is 32.3. The summed E-state index contributed by atoms with van der Waals surface area (Å²) < 4.78 is 54.4. The minimum atomic E-state index is -4.31. The molecule has 7 aromatic rings. The summed E-state index contributed by atoms with van der Waals surface area (Å²) in [5.74, 6) is 1.97. The van der Waals surface area contributed by atoms with E-state index in [-0.39, 0.29) is 4.90 Å². The van der Waals surface area contributed by atoms with E-state index in [1.54, 1.807) is 24.3 Å². The third-order valence-electron chi connectivity index (χ3n) is 9.06. The fraction of sp³-hybridized carbons (Fsp3) is 0.208. The van der Waals surface area contributed by atoms with Gasteiger partial charge in [0.25, 0.3) is 0 Å². The fourth-order valence-corrected chi connectivity index (χ4v) is 11.8. The molecule has 56 heavy (non-hydrogen) atoms. The van der Waals surface area contributed by atoms with Crippen LogP contribution < -0.4 is 14.2 Å². The third-order valence-corrected chi connectivity index (χ3v) is 14.3. The standard InChI is InChI=1S/C48H48O6S2/c1-34-16-24-43(25-17-34)56(49,50)54-55(41-28-20-38(21-29-41)52-47(2,3)4,42-30-22-39(23-31-42)53-48(5,6)7)40-26-18-37(19-27-40)51-33-36-32-35-12-8-9-13-44(35)46-15-11-10-14-45(36)46/h8-32H,33H2,1-7H3.